The second-order valence-electron chi connectivity index (χ2n) is 7.80. The summed E-state index contributed by atoms with van der Waals surface area (Å²) in [6.45, 7) is 2.76. The van der Waals surface area contributed by atoms with Crippen LogP contribution in [0.15, 0.2) is 0 Å². The number of ether oxygens (including phenoxy) is 1. The molecule has 0 unspecified atom stereocenters. The molecule has 1 amide bonds. The van der Waals surface area contributed by atoms with E-state index in [9.17, 15) is 9.59 Å². The van der Waals surface area contributed by atoms with Crippen LogP contribution in [-0.2, 0) is 14.3 Å². The zero-order chi connectivity index (χ0) is 18.9. The van der Waals surface area contributed by atoms with Crippen LogP contribution in [0.1, 0.15) is 116 Å². The molecular weight excluding hydrogens is 326 g/mol. The van der Waals surface area contributed by atoms with Gasteiger partial charge in [-0.05, 0) is 6.42 Å². The molecule has 1 fully saturated rings. The van der Waals surface area contributed by atoms with Gasteiger partial charge in [0, 0.05) is 0 Å². The largest absolute Gasteiger partial charge is 0.464 e. The summed E-state index contributed by atoms with van der Waals surface area (Å²) in [5, 5.41) is 2.54. The number of hydrogen-bond acceptors (Lipinski definition) is 3. The first-order valence-electron chi connectivity index (χ1n) is 11.2. The molecule has 1 aliphatic rings. The highest BCUT2D eigenvalue weighted by Gasteiger charge is 2.32. The van der Waals surface area contributed by atoms with Crippen molar-refractivity contribution < 1.29 is 14.3 Å². The third-order valence-electron chi connectivity index (χ3n) is 5.25. The van der Waals surface area contributed by atoms with Gasteiger partial charge >= 0.3 is 5.97 Å². The minimum Gasteiger partial charge on any atom is -0.464 e. The quantitative estimate of drug-likeness (QED) is 0.193. The van der Waals surface area contributed by atoms with Crippen molar-refractivity contribution in [3.05, 3.63) is 0 Å². The van der Waals surface area contributed by atoms with Crippen molar-refractivity contribution in [3.63, 3.8) is 0 Å². The number of β-lactam (4-membered cyclic amide) rings is 1. The summed E-state index contributed by atoms with van der Waals surface area (Å²) < 4.78 is 5.16. The lowest BCUT2D eigenvalue weighted by Crippen LogP contribution is -2.53. The van der Waals surface area contributed by atoms with Gasteiger partial charge in [-0.25, -0.2) is 4.79 Å². The van der Waals surface area contributed by atoms with E-state index in [2.05, 4.69) is 12.2 Å². The summed E-state index contributed by atoms with van der Waals surface area (Å²) in [5.74, 6) is -0.333. The van der Waals surface area contributed by atoms with Crippen molar-refractivity contribution in [2.45, 2.75) is 122 Å². The highest BCUT2D eigenvalue weighted by Crippen LogP contribution is 2.14. The molecule has 0 aromatic heterocycles. The monoisotopic (exact) mass is 367 g/mol. The summed E-state index contributed by atoms with van der Waals surface area (Å²) in [7, 11) is 0. The van der Waals surface area contributed by atoms with Gasteiger partial charge in [-0.3, -0.25) is 4.79 Å². The highest BCUT2D eigenvalue weighted by molar-refractivity contribution is 5.94. The third-order valence-corrected chi connectivity index (χ3v) is 5.25. The summed E-state index contributed by atoms with van der Waals surface area (Å²) in [6.07, 6.45) is 21.7. The number of esters is 1. The van der Waals surface area contributed by atoms with E-state index in [4.69, 9.17) is 4.74 Å². The van der Waals surface area contributed by atoms with Crippen molar-refractivity contribution in [1.82, 2.24) is 5.32 Å². The molecule has 152 valence electrons. The zero-order valence-electron chi connectivity index (χ0n) is 17.0. The van der Waals surface area contributed by atoms with E-state index in [1.165, 1.54) is 89.9 Å². The van der Waals surface area contributed by atoms with Crippen molar-refractivity contribution in [3.8, 4) is 0 Å². The molecule has 26 heavy (non-hydrogen) atoms. The highest BCUT2D eigenvalue weighted by atomic mass is 16.5. The summed E-state index contributed by atoms with van der Waals surface area (Å²) in [6, 6.07) is -0.386. The first-order valence-corrected chi connectivity index (χ1v) is 11.2. The molecule has 0 radical (unpaired) electrons. The van der Waals surface area contributed by atoms with Crippen LogP contribution in [0.25, 0.3) is 0 Å². The topological polar surface area (TPSA) is 55.4 Å². The van der Waals surface area contributed by atoms with Crippen LogP contribution < -0.4 is 5.32 Å². The number of rotatable bonds is 18. The molecule has 1 atom stereocenters. The van der Waals surface area contributed by atoms with Crippen molar-refractivity contribution >= 4 is 11.9 Å². The smallest absolute Gasteiger partial charge is 0.329 e. The van der Waals surface area contributed by atoms with E-state index in [1.807, 2.05) is 0 Å². The number of amides is 1. The predicted molar refractivity (Wildman–Crippen MR) is 107 cm³/mol. The molecule has 0 aromatic rings. The summed E-state index contributed by atoms with van der Waals surface area (Å²) >= 11 is 0. The lowest BCUT2D eigenvalue weighted by Gasteiger charge is -2.24. The molecule has 0 aliphatic carbocycles. The molecule has 1 rings (SSSR count). The molecule has 4 heteroatoms. The zero-order valence-corrected chi connectivity index (χ0v) is 17.0. The van der Waals surface area contributed by atoms with Crippen LogP contribution in [0, 0.1) is 0 Å². The SMILES string of the molecule is CCCCCCCCCCCCCCCCCCOC(=O)[C@@H]1CC(=O)N1. The van der Waals surface area contributed by atoms with Gasteiger partial charge in [-0.2, -0.15) is 0 Å². The lowest BCUT2D eigenvalue weighted by molar-refractivity contribution is -0.153. The Hall–Kier alpha value is -1.06. The molecule has 1 aliphatic heterocycles. The van der Waals surface area contributed by atoms with Crippen LogP contribution in [0.5, 0.6) is 0 Å². The molecule has 1 N–H and O–H groups in total. The van der Waals surface area contributed by atoms with Gasteiger partial charge in [0.15, 0.2) is 0 Å². The molecule has 0 spiro atoms. The Balaban J connectivity index is 1.68. The average molecular weight is 368 g/mol. The van der Waals surface area contributed by atoms with Crippen molar-refractivity contribution in [2.24, 2.45) is 0 Å². The van der Waals surface area contributed by atoms with Gasteiger partial charge in [0.1, 0.15) is 6.04 Å². The Morgan fingerprint density at radius 3 is 1.58 bits per heavy atom. The number of unbranched alkanes of at least 4 members (excludes halogenated alkanes) is 15. The number of carbonyl (C=O) groups is 2. The normalized spacial score (nSPS) is 16.2. The maximum atomic E-state index is 11.5. The fraction of sp³-hybridized carbons (Fsp3) is 0.909. The molecular formula is C22H41NO3. The Bertz CT molecular complexity index is 362. The van der Waals surface area contributed by atoms with E-state index >= 15 is 0 Å². The van der Waals surface area contributed by atoms with Crippen LogP contribution in [-0.4, -0.2) is 24.5 Å². The molecule has 1 heterocycles. The van der Waals surface area contributed by atoms with E-state index in [0.717, 1.165) is 12.8 Å². The van der Waals surface area contributed by atoms with Gasteiger partial charge in [0.2, 0.25) is 5.91 Å². The van der Waals surface area contributed by atoms with Crippen LogP contribution >= 0.6 is 0 Å². The lowest BCUT2D eigenvalue weighted by atomic mass is 10.0. The first-order chi connectivity index (χ1) is 12.7. The number of carbonyl (C=O) groups excluding carboxylic acids is 2. The Morgan fingerprint density at radius 2 is 1.19 bits per heavy atom. The summed E-state index contributed by atoms with van der Waals surface area (Å²) in [4.78, 5) is 22.2. The minimum atomic E-state index is -0.386. The van der Waals surface area contributed by atoms with E-state index in [1.54, 1.807) is 0 Å². The Kier molecular flexibility index (Phi) is 14.3. The fourth-order valence-corrected chi connectivity index (χ4v) is 3.42. The maximum absolute atomic E-state index is 11.5. The number of hydrogen-bond donors (Lipinski definition) is 1. The van der Waals surface area contributed by atoms with Crippen molar-refractivity contribution in [2.75, 3.05) is 6.61 Å². The summed E-state index contributed by atoms with van der Waals surface area (Å²) in [5.41, 5.74) is 0. The molecule has 0 bridgehead atoms. The Morgan fingerprint density at radius 1 is 0.808 bits per heavy atom. The second kappa shape index (κ2) is 16.1. The maximum Gasteiger partial charge on any atom is 0.329 e. The Labute approximate surface area is 160 Å². The molecule has 0 saturated carbocycles. The molecule has 0 aromatic carbocycles. The average Bonchev–Trinajstić information content (AvgIpc) is 2.61. The first kappa shape index (κ1) is 23.0. The van der Waals surface area contributed by atoms with Gasteiger partial charge in [0.25, 0.3) is 0 Å². The van der Waals surface area contributed by atoms with Crippen LogP contribution in [0.4, 0.5) is 0 Å². The number of nitrogens with one attached hydrogen (secondary N) is 1. The van der Waals surface area contributed by atoms with Gasteiger partial charge < -0.3 is 10.1 Å². The van der Waals surface area contributed by atoms with E-state index < -0.39 is 0 Å². The van der Waals surface area contributed by atoms with Crippen molar-refractivity contribution in [1.29, 1.82) is 0 Å². The second-order valence-corrected chi connectivity index (χ2v) is 7.80. The van der Waals surface area contributed by atoms with Gasteiger partial charge in [0.05, 0.1) is 13.0 Å². The minimum absolute atomic E-state index is 0.0608. The third kappa shape index (κ3) is 12.3. The van der Waals surface area contributed by atoms with E-state index in [0.29, 0.717) is 6.61 Å². The van der Waals surface area contributed by atoms with Crippen LogP contribution in [0.2, 0.25) is 0 Å². The predicted octanol–water partition coefficient (Wildman–Crippen LogP) is 5.68. The molecule has 4 nitrogen and oxygen atoms in total. The van der Waals surface area contributed by atoms with Crippen LogP contribution in [0.3, 0.4) is 0 Å². The van der Waals surface area contributed by atoms with Gasteiger partial charge in [-0.15, -0.1) is 0 Å². The fourth-order valence-electron chi connectivity index (χ4n) is 3.42. The van der Waals surface area contributed by atoms with Gasteiger partial charge in [-0.1, -0.05) is 103 Å². The standard InChI is InChI=1S/C22H41NO3/c1-2-3-4-5-6-7-8-9-10-11-12-13-14-15-16-17-18-26-22(25)20-19-21(24)23-20/h20H,2-19H2,1H3,(H,23,24)/t20-/m0/s1. The van der Waals surface area contributed by atoms with E-state index in [-0.39, 0.29) is 24.3 Å². The molecule has 1 saturated heterocycles.